The predicted octanol–water partition coefficient (Wildman–Crippen LogP) is 4.03. The number of amides is 1. The van der Waals surface area contributed by atoms with E-state index in [2.05, 4.69) is 34.6 Å². The number of fused-ring (bicyclic) bond motifs is 1. The number of rotatable bonds is 15. The Balaban J connectivity index is 1.46. The second kappa shape index (κ2) is 13.9. The number of methoxy groups -OCH3 is 1. The van der Waals surface area contributed by atoms with E-state index < -0.39 is 12.0 Å². The van der Waals surface area contributed by atoms with Crippen LogP contribution >= 0.6 is 0 Å². The van der Waals surface area contributed by atoms with Crippen LogP contribution < -0.4 is 10.6 Å². The van der Waals surface area contributed by atoms with Gasteiger partial charge in [0.25, 0.3) is 0 Å². The number of carbonyl (C=O) groups excluding carboxylic acids is 1. The maximum Gasteiger partial charge on any atom is 0.326 e. The van der Waals surface area contributed by atoms with E-state index in [9.17, 15) is 14.7 Å². The van der Waals surface area contributed by atoms with Gasteiger partial charge in [-0.3, -0.25) is 4.79 Å². The molecular formula is C28H46N4O4. The van der Waals surface area contributed by atoms with E-state index in [4.69, 9.17) is 9.72 Å². The van der Waals surface area contributed by atoms with E-state index in [0.717, 1.165) is 88.9 Å². The summed E-state index contributed by atoms with van der Waals surface area (Å²) in [5.41, 5.74) is 2.43. The molecule has 0 bridgehead atoms. The van der Waals surface area contributed by atoms with Gasteiger partial charge in [-0.1, -0.05) is 25.8 Å². The predicted molar refractivity (Wildman–Crippen MR) is 142 cm³/mol. The molecule has 8 heteroatoms. The van der Waals surface area contributed by atoms with Crippen LogP contribution in [0.1, 0.15) is 82.9 Å². The summed E-state index contributed by atoms with van der Waals surface area (Å²) in [4.78, 5) is 31.5. The maximum absolute atomic E-state index is 12.6. The summed E-state index contributed by atoms with van der Waals surface area (Å²) >= 11 is 0. The van der Waals surface area contributed by atoms with E-state index in [1.165, 1.54) is 5.56 Å². The largest absolute Gasteiger partial charge is 0.480 e. The normalized spacial score (nSPS) is 18.3. The van der Waals surface area contributed by atoms with Crippen LogP contribution in [0.4, 0.5) is 5.82 Å². The molecule has 2 aliphatic rings. The zero-order chi connectivity index (χ0) is 26.0. The Hall–Kier alpha value is -2.19. The Morgan fingerprint density at radius 1 is 1.22 bits per heavy atom. The lowest BCUT2D eigenvalue weighted by atomic mass is 9.85. The Kier molecular flexibility index (Phi) is 11.0. The van der Waals surface area contributed by atoms with Crippen molar-refractivity contribution < 1.29 is 19.4 Å². The van der Waals surface area contributed by atoms with Gasteiger partial charge in [0.1, 0.15) is 11.9 Å². The summed E-state index contributed by atoms with van der Waals surface area (Å²) in [5.74, 6) is -0.0691. The zero-order valence-electron chi connectivity index (χ0n) is 22.5. The molecule has 1 amide bonds. The molecule has 2 heterocycles. The van der Waals surface area contributed by atoms with Crippen LogP contribution in [0.5, 0.6) is 0 Å². The van der Waals surface area contributed by atoms with Crippen LogP contribution in [0.15, 0.2) is 12.1 Å². The molecule has 1 saturated carbocycles. The fourth-order valence-corrected chi connectivity index (χ4v) is 5.49. The summed E-state index contributed by atoms with van der Waals surface area (Å²) in [6.45, 7) is 7.34. The summed E-state index contributed by atoms with van der Waals surface area (Å²) in [6, 6.07) is 3.47. The standard InChI is InChI=1S/C28H46N4O4/c1-21(36-3)20-32(17-7-4-10-23-12-11-22-9-8-16-29-26(22)30-23)18-13-24(27(34)35)31-25(33)19-28(2)14-5-6-15-28/h11-12,21,24H,4-10,13-20H2,1-3H3,(H,29,30)(H,31,33)(H,34,35)/t21-,24+/m1/s1. The Morgan fingerprint density at radius 2 is 2.00 bits per heavy atom. The number of aliphatic carboxylic acids is 1. The fourth-order valence-electron chi connectivity index (χ4n) is 5.49. The molecule has 0 radical (unpaired) electrons. The number of anilines is 1. The molecule has 36 heavy (non-hydrogen) atoms. The maximum atomic E-state index is 12.6. The average Bonchev–Trinajstić information content (AvgIpc) is 3.29. The molecule has 3 N–H and O–H groups in total. The molecule has 2 atom stereocenters. The Bertz CT molecular complexity index is 856. The summed E-state index contributed by atoms with van der Waals surface area (Å²) in [7, 11) is 1.70. The first-order valence-corrected chi connectivity index (χ1v) is 13.8. The zero-order valence-corrected chi connectivity index (χ0v) is 22.5. The Morgan fingerprint density at radius 3 is 2.72 bits per heavy atom. The minimum absolute atomic E-state index is 0.00996. The molecule has 0 unspecified atom stereocenters. The molecule has 1 aliphatic heterocycles. The quantitative estimate of drug-likeness (QED) is 0.311. The molecule has 0 aromatic carbocycles. The van der Waals surface area contributed by atoms with Gasteiger partial charge in [0.15, 0.2) is 0 Å². The van der Waals surface area contributed by atoms with Crippen molar-refractivity contribution in [2.45, 2.75) is 96.6 Å². The van der Waals surface area contributed by atoms with E-state index in [1.54, 1.807) is 7.11 Å². The smallest absolute Gasteiger partial charge is 0.326 e. The van der Waals surface area contributed by atoms with Gasteiger partial charge >= 0.3 is 5.97 Å². The van der Waals surface area contributed by atoms with Gasteiger partial charge < -0.3 is 25.4 Å². The van der Waals surface area contributed by atoms with E-state index in [0.29, 0.717) is 19.4 Å². The number of pyridine rings is 1. The monoisotopic (exact) mass is 502 g/mol. The minimum atomic E-state index is -0.966. The molecule has 1 fully saturated rings. The number of carboxylic acid groups (broad SMARTS) is 1. The number of aromatic nitrogens is 1. The lowest BCUT2D eigenvalue weighted by Crippen LogP contribution is -2.45. The van der Waals surface area contributed by atoms with Crippen LogP contribution in [-0.2, 0) is 27.2 Å². The molecule has 1 aliphatic carbocycles. The van der Waals surface area contributed by atoms with E-state index in [-0.39, 0.29) is 17.4 Å². The van der Waals surface area contributed by atoms with Gasteiger partial charge in [0.05, 0.1) is 6.10 Å². The van der Waals surface area contributed by atoms with Gasteiger partial charge in [0.2, 0.25) is 5.91 Å². The number of unbranched alkanes of at least 4 members (excludes halogenated alkanes) is 1. The van der Waals surface area contributed by atoms with Crippen molar-refractivity contribution in [1.82, 2.24) is 15.2 Å². The molecule has 1 aromatic heterocycles. The van der Waals surface area contributed by atoms with Crippen molar-refractivity contribution in [2.75, 3.05) is 38.6 Å². The topological polar surface area (TPSA) is 104 Å². The highest BCUT2D eigenvalue weighted by Gasteiger charge is 2.32. The van der Waals surface area contributed by atoms with Crippen LogP contribution in [0.2, 0.25) is 0 Å². The van der Waals surface area contributed by atoms with Crippen molar-refractivity contribution in [3.8, 4) is 0 Å². The Labute approximate surface area is 216 Å². The van der Waals surface area contributed by atoms with Gasteiger partial charge in [-0.05, 0) is 81.9 Å². The van der Waals surface area contributed by atoms with Crippen molar-refractivity contribution >= 4 is 17.7 Å². The van der Waals surface area contributed by atoms with Crippen molar-refractivity contribution in [2.24, 2.45) is 5.41 Å². The first-order chi connectivity index (χ1) is 17.3. The molecular weight excluding hydrogens is 456 g/mol. The first-order valence-electron chi connectivity index (χ1n) is 13.8. The van der Waals surface area contributed by atoms with Crippen molar-refractivity contribution in [3.05, 3.63) is 23.4 Å². The third-order valence-electron chi connectivity index (χ3n) is 7.79. The summed E-state index contributed by atoms with van der Waals surface area (Å²) in [6.07, 6.45) is 10.4. The third kappa shape index (κ3) is 9.04. The molecule has 3 rings (SSSR count). The summed E-state index contributed by atoms with van der Waals surface area (Å²) < 4.78 is 5.47. The first kappa shape index (κ1) is 28.4. The molecule has 0 saturated heterocycles. The number of hydrogen-bond acceptors (Lipinski definition) is 6. The number of nitrogens with one attached hydrogen (secondary N) is 2. The highest BCUT2D eigenvalue weighted by molar-refractivity contribution is 5.83. The minimum Gasteiger partial charge on any atom is -0.480 e. The van der Waals surface area contributed by atoms with Crippen molar-refractivity contribution in [3.63, 3.8) is 0 Å². The number of carbonyl (C=O) groups is 2. The third-order valence-corrected chi connectivity index (χ3v) is 7.79. The van der Waals surface area contributed by atoms with E-state index in [1.807, 2.05) is 6.92 Å². The number of hydrogen-bond donors (Lipinski definition) is 3. The van der Waals surface area contributed by atoms with Crippen LogP contribution in [0.25, 0.3) is 0 Å². The van der Waals surface area contributed by atoms with Gasteiger partial charge in [0, 0.05) is 38.9 Å². The lowest BCUT2D eigenvalue weighted by molar-refractivity contribution is -0.142. The van der Waals surface area contributed by atoms with E-state index >= 15 is 0 Å². The lowest BCUT2D eigenvalue weighted by Gasteiger charge is -2.27. The average molecular weight is 503 g/mol. The van der Waals surface area contributed by atoms with Crippen molar-refractivity contribution in [1.29, 1.82) is 0 Å². The molecule has 1 aromatic rings. The highest BCUT2D eigenvalue weighted by atomic mass is 16.5. The van der Waals surface area contributed by atoms with Gasteiger partial charge in [-0.15, -0.1) is 0 Å². The second-order valence-corrected chi connectivity index (χ2v) is 11.1. The van der Waals surface area contributed by atoms with Crippen LogP contribution in [-0.4, -0.2) is 72.3 Å². The summed E-state index contributed by atoms with van der Waals surface area (Å²) in [5, 5.41) is 15.9. The number of nitrogens with zero attached hydrogens (tertiary/aromatic N) is 2. The number of ether oxygens (including phenoxy) is 1. The fraction of sp³-hybridized carbons (Fsp3) is 0.750. The molecule has 8 nitrogen and oxygen atoms in total. The molecule has 202 valence electrons. The molecule has 0 spiro atoms. The SMILES string of the molecule is CO[C@H](C)CN(CCCCc1ccc2c(n1)NCCC2)CC[C@H](NC(=O)CC1(C)CCCC1)C(=O)O. The van der Waals surface area contributed by atoms with Gasteiger partial charge in [-0.25, -0.2) is 9.78 Å². The van der Waals surface area contributed by atoms with Crippen LogP contribution in [0.3, 0.4) is 0 Å². The van der Waals surface area contributed by atoms with Gasteiger partial charge in [-0.2, -0.15) is 0 Å². The second-order valence-electron chi connectivity index (χ2n) is 11.1. The highest BCUT2D eigenvalue weighted by Crippen LogP contribution is 2.40. The van der Waals surface area contributed by atoms with Crippen LogP contribution in [0, 0.1) is 5.41 Å². The number of carboxylic acids is 1. The number of aryl methyl sites for hydroxylation is 2.